The van der Waals surface area contributed by atoms with Crippen LogP contribution in [-0.4, -0.2) is 57.2 Å². The van der Waals surface area contributed by atoms with Gasteiger partial charge >= 0.3 is 0 Å². The van der Waals surface area contributed by atoms with Crippen LogP contribution in [0.3, 0.4) is 0 Å². The lowest BCUT2D eigenvalue weighted by molar-refractivity contribution is -0.120. The van der Waals surface area contributed by atoms with E-state index in [0.29, 0.717) is 15.7 Å². The second-order valence-electron chi connectivity index (χ2n) is 7.38. The quantitative estimate of drug-likeness (QED) is 0.620. The van der Waals surface area contributed by atoms with E-state index >= 15 is 0 Å². The van der Waals surface area contributed by atoms with Crippen molar-refractivity contribution >= 4 is 48.0 Å². The highest BCUT2D eigenvalue weighted by molar-refractivity contribution is 7.93. The van der Waals surface area contributed by atoms with E-state index in [0.717, 1.165) is 17.6 Å². The summed E-state index contributed by atoms with van der Waals surface area (Å²) in [5.74, 6) is -0.817. The van der Waals surface area contributed by atoms with Crippen LogP contribution in [0, 0.1) is 12.8 Å². The smallest absolute Gasteiger partial charge is 0.244 e. The Balaban J connectivity index is 1.70. The number of sulfone groups is 1. The van der Waals surface area contributed by atoms with Crippen LogP contribution in [0.5, 0.6) is 0 Å². The monoisotopic (exact) mass is 485 g/mol. The minimum Gasteiger partial charge on any atom is -0.302 e. The van der Waals surface area contributed by atoms with Gasteiger partial charge in [0.15, 0.2) is 20.8 Å². The molecule has 2 heterocycles. The van der Waals surface area contributed by atoms with E-state index in [2.05, 4.69) is 10.3 Å². The Labute approximate surface area is 185 Å². The Morgan fingerprint density at radius 3 is 2.19 bits per heavy atom. The van der Waals surface area contributed by atoms with Crippen molar-refractivity contribution in [3.8, 4) is 0 Å². The van der Waals surface area contributed by atoms with Gasteiger partial charge in [0.25, 0.3) is 0 Å². The SMILES string of the molecule is CC(=O)c1sc(NC(=O)C2CCN(S(=O)(=O)c3ccccc3S(C)(=O)=O)CC2)nc1C. The minimum absolute atomic E-state index is 0.0914. The van der Waals surface area contributed by atoms with Gasteiger partial charge in [-0.05, 0) is 31.9 Å². The van der Waals surface area contributed by atoms with Crippen molar-refractivity contribution in [2.75, 3.05) is 24.7 Å². The van der Waals surface area contributed by atoms with E-state index in [1.54, 1.807) is 6.92 Å². The predicted molar refractivity (Wildman–Crippen MR) is 117 cm³/mol. The summed E-state index contributed by atoms with van der Waals surface area (Å²) < 4.78 is 51.3. The summed E-state index contributed by atoms with van der Waals surface area (Å²) in [6, 6.07) is 5.51. The Morgan fingerprint density at radius 2 is 1.68 bits per heavy atom. The molecular weight excluding hydrogens is 462 g/mol. The van der Waals surface area contributed by atoms with Crippen molar-refractivity contribution < 1.29 is 26.4 Å². The lowest BCUT2D eigenvalue weighted by Crippen LogP contribution is -2.41. The van der Waals surface area contributed by atoms with Crippen LogP contribution in [0.25, 0.3) is 0 Å². The fourth-order valence-electron chi connectivity index (χ4n) is 3.45. The number of piperidine rings is 1. The molecule has 1 saturated heterocycles. The summed E-state index contributed by atoms with van der Waals surface area (Å²) in [4.78, 5) is 28.3. The van der Waals surface area contributed by atoms with Crippen LogP contribution in [0.4, 0.5) is 5.13 Å². The second kappa shape index (κ2) is 8.77. The molecule has 3 rings (SSSR count). The van der Waals surface area contributed by atoms with Crippen molar-refractivity contribution in [1.82, 2.24) is 9.29 Å². The number of rotatable bonds is 6. The maximum atomic E-state index is 13.0. The van der Waals surface area contributed by atoms with Gasteiger partial charge in [-0.1, -0.05) is 23.5 Å². The summed E-state index contributed by atoms with van der Waals surface area (Å²) >= 11 is 1.11. The first kappa shape index (κ1) is 23.5. The van der Waals surface area contributed by atoms with Crippen LogP contribution < -0.4 is 5.32 Å². The molecule has 12 heteroatoms. The lowest BCUT2D eigenvalue weighted by atomic mass is 9.97. The number of nitrogens with zero attached hydrogens (tertiary/aromatic N) is 2. The van der Waals surface area contributed by atoms with Crippen LogP contribution in [0.1, 0.15) is 35.1 Å². The van der Waals surface area contributed by atoms with Crippen LogP contribution in [0.2, 0.25) is 0 Å². The van der Waals surface area contributed by atoms with Crippen LogP contribution in [0.15, 0.2) is 34.1 Å². The number of hydrogen-bond acceptors (Lipinski definition) is 8. The number of aryl methyl sites for hydroxylation is 1. The first-order valence-corrected chi connectivity index (χ1v) is 13.6. The lowest BCUT2D eigenvalue weighted by Gasteiger charge is -2.30. The summed E-state index contributed by atoms with van der Waals surface area (Å²) in [7, 11) is -7.74. The Hall–Kier alpha value is -2.15. The van der Waals surface area contributed by atoms with Gasteiger partial charge in [-0.2, -0.15) is 4.31 Å². The highest BCUT2D eigenvalue weighted by Crippen LogP contribution is 2.29. The van der Waals surface area contributed by atoms with Crippen molar-refractivity contribution in [2.45, 2.75) is 36.5 Å². The summed E-state index contributed by atoms with van der Waals surface area (Å²) in [5.41, 5.74) is 0.554. The predicted octanol–water partition coefficient (Wildman–Crippen LogP) is 2.10. The third-order valence-electron chi connectivity index (χ3n) is 5.04. The van der Waals surface area contributed by atoms with Gasteiger partial charge in [0, 0.05) is 32.2 Å². The number of carbonyl (C=O) groups is 2. The second-order valence-corrected chi connectivity index (χ2v) is 12.3. The largest absolute Gasteiger partial charge is 0.302 e. The molecule has 0 bridgehead atoms. The van der Waals surface area contributed by atoms with Crippen molar-refractivity contribution in [2.24, 2.45) is 5.92 Å². The molecule has 0 atom stereocenters. The molecule has 1 aromatic heterocycles. The summed E-state index contributed by atoms with van der Waals surface area (Å²) in [5, 5.41) is 3.05. The van der Waals surface area contributed by atoms with Gasteiger partial charge < -0.3 is 5.32 Å². The number of ketones is 1. The number of carbonyl (C=O) groups excluding carboxylic acids is 2. The number of aromatic nitrogens is 1. The number of nitrogens with one attached hydrogen (secondary N) is 1. The fraction of sp³-hybridized carbons (Fsp3) is 0.421. The molecule has 31 heavy (non-hydrogen) atoms. The first-order valence-electron chi connectivity index (χ1n) is 9.49. The normalized spacial score (nSPS) is 16.2. The number of sulfonamides is 1. The van der Waals surface area contributed by atoms with Crippen LogP contribution in [-0.2, 0) is 24.7 Å². The van der Waals surface area contributed by atoms with Crippen LogP contribution >= 0.6 is 11.3 Å². The molecule has 1 amide bonds. The highest BCUT2D eigenvalue weighted by Gasteiger charge is 2.34. The van der Waals surface area contributed by atoms with E-state index in [-0.39, 0.29) is 47.4 Å². The standard InChI is InChI=1S/C19H23N3O6S3/c1-12-17(13(2)23)29-19(20-12)21-18(24)14-8-10-22(11-9-14)31(27,28)16-7-5-4-6-15(16)30(3,25)26/h4-7,14H,8-11H2,1-3H3,(H,20,21,24). The van der Waals surface area contributed by atoms with E-state index in [1.165, 1.54) is 35.5 Å². The van der Waals surface area contributed by atoms with Gasteiger partial charge in [-0.3, -0.25) is 9.59 Å². The molecule has 1 aliphatic rings. The number of Topliss-reactive ketones (excluding diaryl/α,β-unsaturated/α-hetero) is 1. The fourth-order valence-corrected chi connectivity index (χ4v) is 7.39. The molecule has 9 nitrogen and oxygen atoms in total. The molecule has 1 N–H and O–H groups in total. The Kier molecular flexibility index (Phi) is 6.65. The third kappa shape index (κ3) is 5.03. The molecule has 0 saturated carbocycles. The molecule has 2 aromatic rings. The maximum absolute atomic E-state index is 13.0. The summed E-state index contributed by atoms with van der Waals surface area (Å²) in [6.07, 6.45) is 1.54. The number of anilines is 1. The molecule has 0 unspecified atom stereocenters. The number of hydrogen-bond donors (Lipinski definition) is 1. The molecule has 1 fully saturated rings. The molecule has 1 aliphatic heterocycles. The minimum atomic E-state index is -4.02. The molecule has 168 valence electrons. The Morgan fingerprint density at radius 1 is 1.10 bits per heavy atom. The van der Waals surface area contributed by atoms with Crippen molar-refractivity contribution in [3.05, 3.63) is 34.8 Å². The van der Waals surface area contributed by atoms with Gasteiger partial charge in [0.05, 0.1) is 15.5 Å². The van der Waals surface area contributed by atoms with E-state index in [4.69, 9.17) is 0 Å². The van der Waals surface area contributed by atoms with Gasteiger partial charge in [0.1, 0.15) is 4.90 Å². The number of amides is 1. The molecule has 0 radical (unpaired) electrons. The van der Waals surface area contributed by atoms with Gasteiger partial charge in [-0.15, -0.1) is 0 Å². The average molecular weight is 486 g/mol. The van der Waals surface area contributed by atoms with Crippen molar-refractivity contribution in [1.29, 1.82) is 0 Å². The zero-order valence-electron chi connectivity index (χ0n) is 17.3. The third-order valence-corrected chi connectivity index (χ3v) is 9.45. The van der Waals surface area contributed by atoms with E-state index in [9.17, 15) is 26.4 Å². The molecule has 1 aromatic carbocycles. The number of benzene rings is 1. The average Bonchev–Trinajstić information content (AvgIpc) is 3.07. The summed E-state index contributed by atoms with van der Waals surface area (Å²) in [6.45, 7) is 3.31. The van der Waals surface area contributed by atoms with Crippen molar-refractivity contribution in [3.63, 3.8) is 0 Å². The molecular formula is C19H23N3O6S3. The van der Waals surface area contributed by atoms with E-state index < -0.39 is 25.8 Å². The highest BCUT2D eigenvalue weighted by atomic mass is 32.2. The zero-order valence-corrected chi connectivity index (χ0v) is 19.7. The molecule has 0 spiro atoms. The van der Waals surface area contributed by atoms with Gasteiger partial charge in [0.2, 0.25) is 15.9 Å². The number of thiazole rings is 1. The topological polar surface area (TPSA) is 131 Å². The first-order chi connectivity index (χ1) is 14.4. The zero-order chi connectivity index (χ0) is 23.0. The Bertz CT molecular complexity index is 1230. The molecule has 0 aliphatic carbocycles. The van der Waals surface area contributed by atoms with Gasteiger partial charge in [-0.25, -0.2) is 21.8 Å². The van der Waals surface area contributed by atoms with E-state index in [1.807, 2.05) is 0 Å². The maximum Gasteiger partial charge on any atom is 0.244 e.